The van der Waals surface area contributed by atoms with E-state index >= 15 is 0 Å². The Morgan fingerprint density at radius 1 is 1.31 bits per heavy atom. The molecular formula is C11H13IO. The topological polar surface area (TPSA) is 20.2 Å². The summed E-state index contributed by atoms with van der Waals surface area (Å²) in [6.45, 7) is 2.06. The fraction of sp³-hybridized carbons (Fsp3) is 0.455. The molecule has 2 rings (SSSR count). The molecule has 13 heavy (non-hydrogen) atoms. The number of benzene rings is 1. The third kappa shape index (κ3) is 1.89. The fourth-order valence-electron chi connectivity index (χ4n) is 1.44. The smallest absolute Gasteiger partial charge is 0.0935 e. The van der Waals surface area contributed by atoms with Gasteiger partial charge in [0.25, 0.3) is 0 Å². The number of aryl methyl sites for hydroxylation is 1. The normalized spacial score (nSPS) is 21.2. The zero-order valence-corrected chi connectivity index (χ0v) is 9.78. The second-order valence-electron chi connectivity index (χ2n) is 3.85. The van der Waals surface area contributed by atoms with Gasteiger partial charge in [-0.3, -0.25) is 0 Å². The van der Waals surface area contributed by atoms with Gasteiger partial charge in [0.2, 0.25) is 0 Å². The first kappa shape index (κ1) is 9.46. The van der Waals surface area contributed by atoms with Crippen LogP contribution in [0, 0.1) is 6.92 Å². The maximum absolute atomic E-state index is 10.0. The molecule has 1 aromatic rings. The van der Waals surface area contributed by atoms with E-state index in [1.165, 1.54) is 5.56 Å². The molecule has 1 aromatic carbocycles. The molecule has 0 spiro atoms. The molecule has 1 nitrogen and oxygen atoms in total. The molecule has 1 aliphatic rings. The van der Waals surface area contributed by atoms with E-state index in [-0.39, 0.29) is 9.53 Å². The SMILES string of the molecule is Cc1ccc(C(O)C2(I)CC2)cc1. The van der Waals surface area contributed by atoms with Crippen LogP contribution in [0.25, 0.3) is 0 Å². The molecule has 1 N–H and O–H groups in total. The Kier molecular flexibility index (Phi) is 2.36. The number of halogens is 1. The Balaban J connectivity index is 2.20. The summed E-state index contributed by atoms with van der Waals surface area (Å²) < 4.78 is 0.132. The molecule has 0 heterocycles. The molecule has 0 radical (unpaired) electrons. The molecule has 2 heteroatoms. The zero-order chi connectivity index (χ0) is 9.47. The minimum absolute atomic E-state index is 0.132. The van der Waals surface area contributed by atoms with Crippen LogP contribution in [0.5, 0.6) is 0 Å². The third-order valence-electron chi connectivity index (χ3n) is 2.61. The van der Waals surface area contributed by atoms with Crippen LogP contribution in [0.2, 0.25) is 0 Å². The van der Waals surface area contributed by atoms with Crippen molar-refractivity contribution in [1.82, 2.24) is 0 Å². The summed E-state index contributed by atoms with van der Waals surface area (Å²) in [5.41, 5.74) is 2.30. The molecule has 70 valence electrons. The lowest BCUT2D eigenvalue weighted by Gasteiger charge is -2.16. The van der Waals surface area contributed by atoms with Gasteiger partial charge in [-0.15, -0.1) is 0 Å². The van der Waals surface area contributed by atoms with Crippen LogP contribution in [-0.4, -0.2) is 8.53 Å². The van der Waals surface area contributed by atoms with Gasteiger partial charge in [-0.05, 0) is 25.3 Å². The lowest BCUT2D eigenvalue weighted by atomic mass is 10.0. The highest BCUT2D eigenvalue weighted by molar-refractivity contribution is 14.1. The first-order valence-corrected chi connectivity index (χ1v) is 5.63. The number of aliphatic hydroxyl groups excluding tert-OH is 1. The zero-order valence-electron chi connectivity index (χ0n) is 7.63. The third-order valence-corrected chi connectivity index (χ3v) is 4.28. The molecule has 0 saturated heterocycles. The van der Waals surface area contributed by atoms with Crippen molar-refractivity contribution in [2.24, 2.45) is 0 Å². The monoisotopic (exact) mass is 288 g/mol. The first-order chi connectivity index (χ1) is 6.12. The minimum Gasteiger partial charge on any atom is -0.387 e. The van der Waals surface area contributed by atoms with Crippen LogP contribution >= 0.6 is 22.6 Å². The van der Waals surface area contributed by atoms with E-state index in [2.05, 4.69) is 41.6 Å². The van der Waals surface area contributed by atoms with Crippen molar-refractivity contribution in [1.29, 1.82) is 0 Å². The van der Waals surface area contributed by atoms with E-state index < -0.39 is 0 Å². The Morgan fingerprint density at radius 3 is 2.31 bits per heavy atom. The second kappa shape index (κ2) is 3.24. The van der Waals surface area contributed by atoms with E-state index in [0.717, 1.165) is 18.4 Å². The van der Waals surface area contributed by atoms with Crippen molar-refractivity contribution in [3.8, 4) is 0 Å². The lowest BCUT2D eigenvalue weighted by Crippen LogP contribution is -2.12. The number of rotatable bonds is 2. The maximum atomic E-state index is 10.0. The largest absolute Gasteiger partial charge is 0.387 e. The average Bonchev–Trinajstić information content (AvgIpc) is 2.85. The lowest BCUT2D eigenvalue weighted by molar-refractivity contribution is 0.172. The van der Waals surface area contributed by atoms with Crippen LogP contribution in [0.4, 0.5) is 0 Å². The highest BCUT2D eigenvalue weighted by Crippen LogP contribution is 2.53. The summed E-state index contributed by atoms with van der Waals surface area (Å²) in [4.78, 5) is 0. The van der Waals surface area contributed by atoms with Gasteiger partial charge in [0.15, 0.2) is 0 Å². The predicted octanol–water partition coefficient (Wildman–Crippen LogP) is 3.00. The van der Waals surface area contributed by atoms with E-state index in [1.54, 1.807) is 0 Å². The minimum atomic E-state index is -0.284. The van der Waals surface area contributed by atoms with Gasteiger partial charge >= 0.3 is 0 Å². The summed E-state index contributed by atoms with van der Waals surface area (Å²) in [5, 5.41) is 10.0. The van der Waals surface area contributed by atoms with Gasteiger partial charge in [0, 0.05) is 0 Å². The first-order valence-electron chi connectivity index (χ1n) is 4.55. The van der Waals surface area contributed by atoms with Gasteiger partial charge in [-0.2, -0.15) is 0 Å². The van der Waals surface area contributed by atoms with Crippen molar-refractivity contribution >= 4 is 22.6 Å². The molecule has 1 saturated carbocycles. The van der Waals surface area contributed by atoms with Gasteiger partial charge in [-0.1, -0.05) is 52.4 Å². The molecule has 0 aromatic heterocycles. The Hall–Kier alpha value is -0.0900. The second-order valence-corrected chi connectivity index (χ2v) is 6.00. The van der Waals surface area contributed by atoms with E-state index in [0.29, 0.717) is 0 Å². The number of hydrogen-bond donors (Lipinski definition) is 1. The summed E-state index contributed by atoms with van der Waals surface area (Å²) in [6.07, 6.45) is 2.00. The molecular weight excluding hydrogens is 275 g/mol. The standard InChI is InChI=1S/C11H13IO/c1-8-2-4-9(5-3-8)10(13)11(12)6-7-11/h2-5,10,13H,6-7H2,1H3. The number of aliphatic hydroxyl groups is 1. The quantitative estimate of drug-likeness (QED) is 0.655. The summed E-state index contributed by atoms with van der Waals surface area (Å²) in [7, 11) is 0. The van der Waals surface area contributed by atoms with Crippen molar-refractivity contribution in [3.63, 3.8) is 0 Å². The van der Waals surface area contributed by atoms with Gasteiger partial charge in [0.05, 0.1) is 9.53 Å². The van der Waals surface area contributed by atoms with Crippen LogP contribution in [0.1, 0.15) is 30.1 Å². The van der Waals surface area contributed by atoms with Crippen LogP contribution in [0.15, 0.2) is 24.3 Å². The van der Waals surface area contributed by atoms with E-state index in [4.69, 9.17) is 0 Å². The van der Waals surface area contributed by atoms with Gasteiger partial charge in [0.1, 0.15) is 0 Å². The predicted molar refractivity (Wildman–Crippen MR) is 62.1 cm³/mol. The van der Waals surface area contributed by atoms with Crippen molar-refractivity contribution in [2.45, 2.75) is 29.3 Å². The molecule has 1 aliphatic carbocycles. The Morgan fingerprint density at radius 2 is 1.85 bits per heavy atom. The molecule has 0 bridgehead atoms. The van der Waals surface area contributed by atoms with Crippen LogP contribution in [0.3, 0.4) is 0 Å². The van der Waals surface area contributed by atoms with Crippen molar-refractivity contribution < 1.29 is 5.11 Å². The van der Waals surface area contributed by atoms with E-state index in [1.807, 2.05) is 12.1 Å². The van der Waals surface area contributed by atoms with Crippen LogP contribution < -0.4 is 0 Å². The van der Waals surface area contributed by atoms with E-state index in [9.17, 15) is 5.11 Å². The molecule has 1 unspecified atom stereocenters. The van der Waals surface area contributed by atoms with Gasteiger partial charge < -0.3 is 5.11 Å². The summed E-state index contributed by atoms with van der Waals surface area (Å²) in [5.74, 6) is 0. The highest BCUT2D eigenvalue weighted by Gasteiger charge is 2.46. The highest BCUT2D eigenvalue weighted by atomic mass is 127. The van der Waals surface area contributed by atoms with Gasteiger partial charge in [-0.25, -0.2) is 0 Å². The summed E-state index contributed by atoms with van der Waals surface area (Å²) in [6, 6.07) is 8.17. The fourth-order valence-corrected chi connectivity index (χ4v) is 2.07. The molecule has 0 amide bonds. The Labute approximate surface area is 92.3 Å². The molecule has 1 fully saturated rings. The van der Waals surface area contributed by atoms with Crippen molar-refractivity contribution in [2.75, 3.05) is 0 Å². The number of hydrogen-bond acceptors (Lipinski definition) is 1. The van der Waals surface area contributed by atoms with Crippen molar-refractivity contribution in [3.05, 3.63) is 35.4 Å². The number of alkyl halides is 1. The van der Waals surface area contributed by atoms with Crippen LogP contribution in [-0.2, 0) is 0 Å². The average molecular weight is 288 g/mol. The molecule has 1 atom stereocenters. The Bertz CT molecular complexity index is 300. The maximum Gasteiger partial charge on any atom is 0.0935 e. The molecule has 0 aliphatic heterocycles. The summed E-state index contributed by atoms with van der Waals surface area (Å²) >= 11 is 2.38.